The first-order valence-corrected chi connectivity index (χ1v) is 7.40. The van der Waals surface area contributed by atoms with Gasteiger partial charge in [0, 0.05) is 27.2 Å². The third-order valence-corrected chi connectivity index (χ3v) is 3.69. The van der Waals surface area contributed by atoms with Gasteiger partial charge in [-0.05, 0) is 31.5 Å². The Labute approximate surface area is 135 Å². The van der Waals surface area contributed by atoms with E-state index in [2.05, 4.69) is 15.6 Å². The van der Waals surface area contributed by atoms with E-state index in [9.17, 15) is 0 Å². The molecule has 0 aliphatic carbocycles. The molecule has 1 aromatic carbocycles. The lowest BCUT2D eigenvalue weighted by Gasteiger charge is -2.24. The van der Waals surface area contributed by atoms with Crippen molar-refractivity contribution < 1.29 is 14.2 Å². The van der Waals surface area contributed by atoms with Crippen molar-refractivity contribution in [2.75, 3.05) is 27.5 Å². The summed E-state index contributed by atoms with van der Waals surface area (Å²) in [5, 5.41) is 7.00. The molecule has 0 fully saturated rings. The number of hydrogen-bond donors (Lipinski definition) is 2. The van der Waals surface area contributed by atoms with E-state index in [1.165, 1.54) is 0 Å². The molecule has 1 aliphatic rings. The number of nitrogens with one attached hydrogen (secondary N) is 2. The van der Waals surface area contributed by atoms with Gasteiger partial charge < -0.3 is 24.8 Å². The molecule has 22 heavy (non-hydrogen) atoms. The van der Waals surface area contributed by atoms with E-state index in [0.29, 0.717) is 35.6 Å². The number of benzene rings is 1. The Morgan fingerprint density at radius 2 is 2.14 bits per heavy atom. The molecule has 6 nitrogen and oxygen atoms in total. The maximum atomic E-state index is 6.17. The van der Waals surface area contributed by atoms with E-state index < -0.39 is 0 Å². The fraction of sp³-hybridized carbons (Fsp3) is 0.533. The molecule has 0 unspecified atom stereocenters. The topological polar surface area (TPSA) is 64.1 Å². The molecule has 122 valence electrons. The van der Waals surface area contributed by atoms with Crippen LogP contribution in [0.5, 0.6) is 11.5 Å². The molecule has 1 aliphatic heterocycles. The number of ether oxygens (including phenoxy) is 3. The van der Waals surface area contributed by atoms with Crippen LogP contribution in [0.2, 0.25) is 5.02 Å². The molecule has 2 N–H and O–H groups in total. The lowest BCUT2D eigenvalue weighted by molar-refractivity contribution is 0.0268. The van der Waals surface area contributed by atoms with Crippen LogP contribution in [0, 0.1) is 0 Å². The molecule has 0 saturated heterocycles. The summed E-state index contributed by atoms with van der Waals surface area (Å²) < 4.78 is 16.0. The van der Waals surface area contributed by atoms with E-state index >= 15 is 0 Å². The lowest BCUT2D eigenvalue weighted by Crippen LogP contribution is -2.45. The van der Waals surface area contributed by atoms with Crippen LogP contribution >= 0.6 is 11.6 Å². The zero-order valence-corrected chi connectivity index (χ0v) is 14.1. The second-order valence-electron chi connectivity index (χ2n) is 5.55. The van der Waals surface area contributed by atoms with E-state index in [0.717, 1.165) is 5.56 Å². The van der Waals surface area contributed by atoms with Gasteiger partial charge in [-0.15, -0.1) is 0 Å². The van der Waals surface area contributed by atoms with Gasteiger partial charge in [-0.3, -0.25) is 4.99 Å². The minimum Gasteiger partial charge on any atom is -0.454 e. The number of halogens is 1. The number of rotatable bonds is 5. The highest BCUT2D eigenvalue weighted by molar-refractivity contribution is 6.32. The largest absolute Gasteiger partial charge is 0.454 e. The minimum absolute atomic E-state index is 0.210. The third kappa shape index (κ3) is 4.18. The van der Waals surface area contributed by atoms with Gasteiger partial charge >= 0.3 is 0 Å². The minimum atomic E-state index is -0.264. The predicted octanol–water partition coefficient (Wildman–Crippen LogP) is 2.16. The van der Waals surface area contributed by atoms with Crippen molar-refractivity contribution in [3.8, 4) is 11.5 Å². The molecular formula is C15H22ClN3O3. The molecule has 2 rings (SSSR count). The van der Waals surface area contributed by atoms with Gasteiger partial charge in [0.2, 0.25) is 6.79 Å². The summed E-state index contributed by atoms with van der Waals surface area (Å²) in [4.78, 5) is 4.19. The van der Waals surface area contributed by atoms with Crippen molar-refractivity contribution in [1.82, 2.24) is 10.6 Å². The number of nitrogens with zero attached hydrogens (tertiary/aromatic N) is 1. The Kier molecular flexibility index (Phi) is 5.37. The van der Waals surface area contributed by atoms with Crippen molar-refractivity contribution in [3.63, 3.8) is 0 Å². The van der Waals surface area contributed by atoms with Crippen LogP contribution in [0.3, 0.4) is 0 Å². The smallest absolute Gasteiger partial charge is 0.231 e. The van der Waals surface area contributed by atoms with Gasteiger partial charge in [-0.1, -0.05) is 11.6 Å². The van der Waals surface area contributed by atoms with Crippen LogP contribution in [-0.4, -0.2) is 39.1 Å². The summed E-state index contributed by atoms with van der Waals surface area (Å²) in [6, 6.07) is 3.77. The number of hydrogen-bond acceptors (Lipinski definition) is 4. The summed E-state index contributed by atoms with van der Waals surface area (Å²) in [5.74, 6) is 1.97. The molecule has 1 heterocycles. The molecule has 0 atom stereocenters. The molecule has 0 radical (unpaired) electrons. The van der Waals surface area contributed by atoms with Gasteiger partial charge in [0.15, 0.2) is 17.5 Å². The van der Waals surface area contributed by atoms with Gasteiger partial charge in [-0.25, -0.2) is 0 Å². The third-order valence-electron chi connectivity index (χ3n) is 3.40. The van der Waals surface area contributed by atoms with E-state index in [-0.39, 0.29) is 12.4 Å². The van der Waals surface area contributed by atoms with Crippen molar-refractivity contribution in [3.05, 3.63) is 22.7 Å². The van der Waals surface area contributed by atoms with E-state index in [1.54, 1.807) is 14.2 Å². The van der Waals surface area contributed by atoms with Crippen LogP contribution in [0.15, 0.2) is 17.1 Å². The highest BCUT2D eigenvalue weighted by atomic mass is 35.5. The first-order chi connectivity index (χ1) is 10.4. The van der Waals surface area contributed by atoms with Crippen LogP contribution in [0.1, 0.15) is 19.4 Å². The van der Waals surface area contributed by atoms with Gasteiger partial charge in [-0.2, -0.15) is 0 Å². The molecule has 0 amide bonds. The maximum Gasteiger partial charge on any atom is 0.231 e. The van der Waals surface area contributed by atoms with Crippen molar-refractivity contribution in [2.24, 2.45) is 4.99 Å². The van der Waals surface area contributed by atoms with Crippen LogP contribution in [-0.2, 0) is 11.3 Å². The molecule has 0 aromatic heterocycles. The molecule has 0 saturated carbocycles. The Balaban J connectivity index is 1.93. The SMILES string of the molecule is CN=C(NCc1cc(Cl)c2c(c1)OCO2)NCC(C)(C)OC. The average molecular weight is 328 g/mol. The Bertz CT molecular complexity index is 561. The van der Waals surface area contributed by atoms with Crippen LogP contribution in [0.25, 0.3) is 0 Å². The molecule has 0 bridgehead atoms. The zero-order chi connectivity index (χ0) is 16.2. The van der Waals surface area contributed by atoms with E-state index in [1.807, 2.05) is 26.0 Å². The standard InChI is InChI=1S/C15H22ClN3O3/c1-15(2,20-4)8-19-14(17-3)18-7-10-5-11(16)13-12(6-10)21-9-22-13/h5-6H,7-9H2,1-4H3,(H2,17,18,19). The van der Waals surface area contributed by atoms with Gasteiger partial charge in [0.1, 0.15) is 0 Å². The molecule has 7 heteroatoms. The van der Waals surface area contributed by atoms with E-state index in [4.69, 9.17) is 25.8 Å². The Morgan fingerprint density at radius 3 is 2.82 bits per heavy atom. The Hall–Kier alpha value is -1.66. The maximum absolute atomic E-state index is 6.17. The number of guanidine groups is 1. The molecular weight excluding hydrogens is 306 g/mol. The first kappa shape index (κ1) is 16.7. The second-order valence-corrected chi connectivity index (χ2v) is 5.96. The number of aliphatic imine (C=N–C) groups is 1. The summed E-state index contributed by atoms with van der Waals surface area (Å²) in [6.45, 7) is 5.44. The summed E-state index contributed by atoms with van der Waals surface area (Å²) in [6.07, 6.45) is 0. The van der Waals surface area contributed by atoms with Crippen LogP contribution < -0.4 is 20.1 Å². The van der Waals surface area contributed by atoms with Crippen molar-refractivity contribution >= 4 is 17.6 Å². The summed E-state index contributed by atoms with van der Waals surface area (Å²) >= 11 is 6.17. The first-order valence-electron chi connectivity index (χ1n) is 7.03. The normalized spacial score (nSPS) is 14.1. The quantitative estimate of drug-likeness (QED) is 0.641. The fourth-order valence-electron chi connectivity index (χ4n) is 1.90. The van der Waals surface area contributed by atoms with Crippen LogP contribution in [0.4, 0.5) is 0 Å². The molecule has 1 aromatic rings. The van der Waals surface area contributed by atoms with Gasteiger partial charge in [0.05, 0.1) is 10.6 Å². The fourth-order valence-corrected chi connectivity index (χ4v) is 2.19. The Morgan fingerprint density at radius 1 is 1.36 bits per heavy atom. The highest BCUT2D eigenvalue weighted by Gasteiger charge is 2.19. The van der Waals surface area contributed by atoms with Crippen molar-refractivity contribution in [2.45, 2.75) is 26.0 Å². The second kappa shape index (κ2) is 7.07. The highest BCUT2D eigenvalue weighted by Crippen LogP contribution is 2.39. The van der Waals surface area contributed by atoms with Crippen molar-refractivity contribution in [1.29, 1.82) is 0 Å². The summed E-state index contributed by atoms with van der Waals surface area (Å²) in [5.41, 5.74) is 0.725. The predicted molar refractivity (Wildman–Crippen MR) is 86.9 cm³/mol. The zero-order valence-electron chi connectivity index (χ0n) is 13.3. The lowest BCUT2D eigenvalue weighted by atomic mass is 10.1. The number of methoxy groups -OCH3 is 1. The summed E-state index contributed by atoms with van der Waals surface area (Å²) in [7, 11) is 3.41. The van der Waals surface area contributed by atoms with Gasteiger partial charge in [0.25, 0.3) is 0 Å². The molecule has 0 spiro atoms. The number of fused-ring (bicyclic) bond motifs is 1. The monoisotopic (exact) mass is 327 g/mol. The average Bonchev–Trinajstić information content (AvgIpc) is 2.96.